The summed E-state index contributed by atoms with van der Waals surface area (Å²) in [5, 5.41) is 1.01. The number of rotatable bonds is 2. The van der Waals surface area contributed by atoms with Crippen LogP contribution in [0, 0.1) is 0 Å². The Kier molecular flexibility index (Phi) is 3.23. The lowest BCUT2D eigenvalue weighted by Crippen LogP contribution is -2.28. The van der Waals surface area contributed by atoms with Crippen LogP contribution in [-0.2, 0) is 9.05 Å². The third-order valence-electron chi connectivity index (χ3n) is 2.48. The van der Waals surface area contributed by atoms with Crippen LogP contribution < -0.4 is 4.90 Å². The summed E-state index contributed by atoms with van der Waals surface area (Å²) in [6, 6.07) is 3.42. The van der Waals surface area contributed by atoms with Gasteiger partial charge in [0.25, 0.3) is 9.05 Å². The normalized spacial score (nSPS) is 18.1. The Morgan fingerprint density at radius 3 is 2.40 bits per heavy atom. The second-order valence-corrected chi connectivity index (χ2v) is 7.43. The highest BCUT2D eigenvalue weighted by Crippen LogP contribution is 2.32. The molecular weight excluding hydrogens is 254 g/mol. The topological polar surface area (TPSA) is 37.4 Å². The van der Waals surface area contributed by atoms with E-state index in [1.54, 1.807) is 6.07 Å². The summed E-state index contributed by atoms with van der Waals surface area (Å²) in [6.45, 7) is 2.03. The van der Waals surface area contributed by atoms with Crippen LogP contribution in [0.4, 0.5) is 5.00 Å². The predicted molar refractivity (Wildman–Crippen MR) is 63.4 cm³/mol. The van der Waals surface area contributed by atoms with Crippen molar-refractivity contribution in [3.05, 3.63) is 12.1 Å². The van der Waals surface area contributed by atoms with Crippen LogP contribution in [0.3, 0.4) is 0 Å². The van der Waals surface area contributed by atoms with E-state index in [0.717, 1.165) is 18.1 Å². The summed E-state index contributed by atoms with van der Waals surface area (Å²) in [7, 11) is 1.72. The fourth-order valence-corrected chi connectivity index (χ4v) is 3.84. The van der Waals surface area contributed by atoms with Gasteiger partial charge in [-0.1, -0.05) is 0 Å². The Morgan fingerprint density at radius 2 is 1.87 bits per heavy atom. The third-order valence-corrected chi connectivity index (χ3v) is 5.71. The first-order valence-electron chi connectivity index (χ1n) is 4.87. The molecule has 0 spiro atoms. The van der Waals surface area contributed by atoms with Crippen LogP contribution in [0.1, 0.15) is 19.3 Å². The molecule has 0 bridgehead atoms. The maximum absolute atomic E-state index is 11.1. The van der Waals surface area contributed by atoms with E-state index in [-0.39, 0.29) is 4.21 Å². The maximum atomic E-state index is 11.1. The van der Waals surface area contributed by atoms with E-state index in [2.05, 4.69) is 4.90 Å². The Labute approximate surface area is 98.1 Å². The van der Waals surface area contributed by atoms with Crippen molar-refractivity contribution in [2.24, 2.45) is 0 Å². The van der Waals surface area contributed by atoms with Gasteiger partial charge in [0.1, 0.15) is 4.21 Å². The monoisotopic (exact) mass is 265 g/mol. The van der Waals surface area contributed by atoms with Crippen molar-refractivity contribution < 1.29 is 8.42 Å². The van der Waals surface area contributed by atoms with Gasteiger partial charge < -0.3 is 4.90 Å². The van der Waals surface area contributed by atoms with Crippen LogP contribution in [0.25, 0.3) is 0 Å². The fraction of sp³-hybridized carbons (Fsp3) is 0.556. The predicted octanol–water partition coefficient (Wildman–Crippen LogP) is 2.67. The van der Waals surface area contributed by atoms with Crippen molar-refractivity contribution in [3.63, 3.8) is 0 Å². The molecule has 2 heterocycles. The number of halogens is 1. The zero-order valence-electron chi connectivity index (χ0n) is 8.15. The van der Waals surface area contributed by atoms with Crippen LogP contribution >= 0.6 is 22.0 Å². The average molecular weight is 266 g/mol. The highest BCUT2D eigenvalue weighted by atomic mass is 35.7. The van der Waals surface area contributed by atoms with Crippen molar-refractivity contribution in [1.29, 1.82) is 0 Å². The van der Waals surface area contributed by atoms with Gasteiger partial charge in [0.05, 0.1) is 5.00 Å². The number of piperidine rings is 1. The van der Waals surface area contributed by atoms with E-state index in [0.29, 0.717) is 0 Å². The lowest BCUT2D eigenvalue weighted by molar-refractivity contribution is 0.580. The molecule has 0 atom stereocenters. The van der Waals surface area contributed by atoms with E-state index in [1.165, 1.54) is 30.6 Å². The molecule has 0 N–H and O–H groups in total. The molecule has 1 aromatic heterocycles. The van der Waals surface area contributed by atoms with E-state index >= 15 is 0 Å². The number of hydrogen-bond donors (Lipinski definition) is 0. The minimum absolute atomic E-state index is 0.241. The second-order valence-electron chi connectivity index (χ2n) is 3.58. The Balaban J connectivity index is 2.19. The van der Waals surface area contributed by atoms with E-state index in [1.807, 2.05) is 6.07 Å². The molecule has 0 aromatic carbocycles. The molecule has 1 aliphatic heterocycles. The van der Waals surface area contributed by atoms with Crippen LogP contribution in [0.5, 0.6) is 0 Å². The Bertz CT molecular complexity index is 435. The number of thiophene rings is 1. The molecule has 6 heteroatoms. The quantitative estimate of drug-likeness (QED) is 0.772. The van der Waals surface area contributed by atoms with E-state index in [9.17, 15) is 8.42 Å². The molecule has 1 saturated heterocycles. The van der Waals surface area contributed by atoms with Crippen LogP contribution in [0.15, 0.2) is 16.3 Å². The largest absolute Gasteiger partial charge is 0.363 e. The van der Waals surface area contributed by atoms with Gasteiger partial charge in [-0.25, -0.2) is 8.42 Å². The van der Waals surface area contributed by atoms with Gasteiger partial charge >= 0.3 is 0 Å². The second kappa shape index (κ2) is 4.31. The number of nitrogens with zero attached hydrogens (tertiary/aromatic N) is 1. The van der Waals surface area contributed by atoms with E-state index in [4.69, 9.17) is 10.7 Å². The van der Waals surface area contributed by atoms with Crippen LogP contribution in [0.2, 0.25) is 0 Å². The first kappa shape index (κ1) is 11.2. The Morgan fingerprint density at radius 1 is 1.20 bits per heavy atom. The van der Waals surface area contributed by atoms with Crippen molar-refractivity contribution in [2.75, 3.05) is 18.0 Å². The summed E-state index contributed by atoms with van der Waals surface area (Å²) >= 11 is 1.25. The molecule has 0 saturated carbocycles. The van der Waals surface area contributed by atoms with Gasteiger partial charge in [-0.2, -0.15) is 0 Å². The molecule has 0 aliphatic carbocycles. The number of hydrogen-bond acceptors (Lipinski definition) is 4. The number of anilines is 1. The zero-order valence-corrected chi connectivity index (χ0v) is 10.5. The van der Waals surface area contributed by atoms with Gasteiger partial charge in [-0.05, 0) is 31.4 Å². The summed E-state index contributed by atoms with van der Waals surface area (Å²) in [4.78, 5) is 2.22. The molecule has 3 nitrogen and oxygen atoms in total. The summed E-state index contributed by atoms with van der Waals surface area (Å²) in [5.74, 6) is 0. The summed E-state index contributed by atoms with van der Waals surface area (Å²) in [6.07, 6.45) is 3.63. The van der Waals surface area contributed by atoms with Crippen molar-refractivity contribution >= 4 is 36.1 Å². The molecule has 0 radical (unpaired) electrons. The van der Waals surface area contributed by atoms with E-state index < -0.39 is 9.05 Å². The van der Waals surface area contributed by atoms with Gasteiger partial charge in [0.15, 0.2) is 0 Å². The van der Waals surface area contributed by atoms with Gasteiger partial charge in [0.2, 0.25) is 0 Å². The summed E-state index contributed by atoms with van der Waals surface area (Å²) in [5.41, 5.74) is 0. The maximum Gasteiger partial charge on any atom is 0.270 e. The average Bonchev–Trinajstić information content (AvgIpc) is 2.67. The summed E-state index contributed by atoms with van der Waals surface area (Å²) < 4.78 is 22.4. The van der Waals surface area contributed by atoms with Crippen molar-refractivity contribution in [2.45, 2.75) is 23.5 Å². The van der Waals surface area contributed by atoms with Gasteiger partial charge in [-0.15, -0.1) is 11.3 Å². The van der Waals surface area contributed by atoms with Crippen LogP contribution in [-0.4, -0.2) is 21.5 Å². The highest BCUT2D eigenvalue weighted by Gasteiger charge is 2.17. The van der Waals surface area contributed by atoms with Crippen molar-refractivity contribution in [3.8, 4) is 0 Å². The molecule has 15 heavy (non-hydrogen) atoms. The SMILES string of the molecule is O=S(=O)(Cl)c1ccc(N2CCCCC2)s1. The molecule has 1 aliphatic rings. The molecule has 0 unspecified atom stereocenters. The van der Waals surface area contributed by atoms with Crippen molar-refractivity contribution in [1.82, 2.24) is 0 Å². The van der Waals surface area contributed by atoms with Gasteiger partial charge in [-0.3, -0.25) is 0 Å². The molecular formula is C9H12ClNO2S2. The third kappa shape index (κ3) is 2.65. The molecule has 1 aromatic rings. The standard InChI is InChI=1S/C9H12ClNO2S2/c10-15(12,13)9-5-4-8(14-9)11-6-2-1-3-7-11/h4-5H,1-3,6-7H2. The molecule has 1 fully saturated rings. The first-order chi connectivity index (χ1) is 7.07. The van der Waals surface area contributed by atoms with Gasteiger partial charge in [0, 0.05) is 23.8 Å². The smallest absolute Gasteiger partial charge is 0.270 e. The molecule has 2 rings (SSSR count). The highest BCUT2D eigenvalue weighted by molar-refractivity contribution is 8.15. The lowest BCUT2D eigenvalue weighted by atomic mass is 10.1. The lowest BCUT2D eigenvalue weighted by Gasteiger charge is -2.26. The Hall–Kier alpha value is -0.260. The fourth-order valence-electron chi connectivity index (χ4n) is 1.73. The molecule has 0 amide bonds. The zero-order chi connectivity index (χ0) is 10.9. The minimum Gasteiger partial charge on any atom is -0.363 e. The first-order valence-corrected chi connectivity index (χ1v) is 7.99. The minimum atomic E-state index is -3.56. The molecule has 84 valence electrons.